The number of para-hydroxylation sites is 1. The van der Waals surface area contributed by atoms with Crippen LogP contribution in [0.5, 0.6) is 5.75 Å². The largest absolute Gasteiger partial charge is 0.494 e. The van der Waals surface area contributed by atoms with E-state index in [0.717, 1.165) is 16.8 Å². The van der Waals surface area contributed by atoms with Crippen LogP contribution in [-0.2, 0) is 6.42 Å². The van der Waals surface area contributed by atoms with Crippen molar-refractivity contribution >= 4 is 23.1 Å². The number of hydrogen-bond donors (Lipinski definition) is 1. The van der Waals surface area contributed by atoms with E-state index in [4.69, 9.17) is 21.7 Å². The number of nitrogens with one attached hydrogen (secondary N) is 1. The van der Waals surface area contributed by atoms with Crippen LogP contribution in [-0.4, -0.2) is 30.2 Å². The van der Waals surface area contributed by atoms with Crippen molar-refractivity contribution in [1.29, 1.82) is 5.41 Å². The zero-order chi connectivity index (χ0) is 18.0. The molecule has 0 saturated carbocycles. The molecule has 1 heterocycles. The van der Waals surface area contributed by atoms with Crippen molar-refractivity contribution in [2.45, 2.75) is 13.3 Å². The minimum absolute atomic E-state index is 0.140. The molecule has 1 N–H and O–H groups in total. The second-order valence-corrected chi connectivity index (χ2v) is 6.45. The van der Waals surface area contributed by atoms with Gasteiger partial charge in [0.2, 0.25) is 0 Å². The molecule has 6 heteroatoms. The lowest BCUT2D eigenvalue weighted by atomic mass is 9.98. The maximum absolute atomic E-state index is 13.0. The average Bonchev–Trinajstić information content (AvgIpc) is 2.98. The van der Waals surface area contributed by atoms with Crippen LogP contribution in [0.25, 0.3) is 0 Å². The predicted octanol–water partition coefficient (Wildman–Crippen LogP) is 4.36. The molecular weight excluding hydrogens is 341 g/mol. The van der Waals surface area contributed by atoms with Crippen LogP contribution in [0.1, 0.15) is 18.1 Å². The smallest absolute Gasteiger partial charge is 0.146 e. The van der Waals surface area contributed by atoms with Gasteiger partial charge in [0.05, 0.1) is 24.4 Å². The van der Waals surface area contributed by atoms with Crippen LogP contribution in [0.4, 0.5) is 4.39 Å². The van der Waals surface area contributed by atoms with Gasteiger partial charge in [-0.25, -0.2) is 4.39 Å². The standard InChI is InChI=1S/C19H19ClFN3O/c1-12-11-24(17(22)10-13-6-8-14(21)9-7-13)23-18(12)15-4-3-5-16(20)19(15)25-2/h3-9,12,22H,10-11H2,1-2H3. The predicted molar refractivity (Wildman–Crippen MR) is 98.2 cm³/mol. The Morgan fingerprint density at radius 3 is 2.72 bits per heavy atom. The Morgan fingerprint density at radius 1 is 1.32 bits per heavy atom. The topological polar surface area (TPSA) is 48.7 Å². The van der Waals surface area contributed by atoms with E-state index in [1.165, 1.54) is 12.1 Å². The average molecular weight is 360 g/mol. The summed E-state index contributed by atoms with van der Waals surface area (Å²) in [5, 5.41) is 15.2. The van der Waals surface area contributed by atoms with Gasteiger partial charge in [0.1, 0.15) is 17.4 Å². The quantitative estimate of drug-likeness (QED) is 0.651. The van der Waals surface area contributed by atoms with Gasteiger partial charge in [-0.1, -0.05) is 36.7 Å². The lowest BCUT2D eigenvalue weighted by molar-refractivity contribution is 0.414. The molecule has 130 valence electrons. The molecule has 0 saturated heterocycles. The fourth-order valence-corrected chi connectivity index (χ4v) is 3.16. The van der Waals surface area contributed by atoms with Crippen molar-refractivity contribution in [2.75, 3.05) is 13.7 Å². The number of amidine groups is 1. The number of methoxy groups -OCH3 is 1. The zero-order valence-electron chi connectivity index (χ0n) is 14.1. The molecule has 0 amide bonds. The molecule has 0 spiro atoms. The third-order valence-corrected chi connectivity index (χ3v) is 4.48. The van der Waals surface area contributed by atoms with Gasteiger partial charge >= 0.3 is 0 Å². The molecule has 1 aliphatic rings. The summed E-state index contributed by atoms with van der Waals surface area (Å²) in [7, 11) is 1.58. The van der Waals surface area contributed by atoms with Crippen molar-refractivity contribution in [2.24, 2.45) is 11.0 Å². The van der Waals surface area contributed by atoms with Crippen LogP contribution in [0.2, 0.25) is 5.02 Å². The summed E-state index contributed by atoms with van der Waals surface area (Å²) in [6.07, 6.45) is 0.399. The highest BCUT2D eigenvalue weighted by Gasteiger charge is 2.28. The van der Waals surface area contributed by atoms with Gasteiger partial charge in [-0.2, -0.15) is 5.10 Å². The number of ether oxygens (including phenoxy) is 1. The molecule has 2 aromatic carbocycles. The number of rotatable bonds is 4. The Labute approximate surface area is 151 Å². The summed E-state index contributed by atoms with van der Waals surface area (Å²) in [6.45, 7) is 2.68. The van der Waals surface area contributed by atoms with E-state index in [1.807, 2.05) is 12.1 Å². The number of nitrogens with zero attached hydrogens (tertiary/aromatic N) is 2. The monoisotopic (exact) mass is 359 g/mol. The van der Waals surface area contributed by atoms with Crippen LogP contribution in [0, 0.1) is 17.1 Å². The Morgan fingerprint density at radius 2 is 2.04 bits per heavy atom. The lowest BCUT2D eigenvalue weighted by Crippen LogP contribution is -2.26. The summed E-state index contributed by atoms with van der Waals surface area (Å²) in [5.41, 5.74) is 2.57. The molecular formula is C19H19ClFN3O. The van der Waals surface area contributed by atoms with E-state index in [9.17, 15) is 4.39 Å². The number of hydrazone groups is 1. The van der Waals surface area contributed by atoms with Crippen molar-refractivity contribution in [3.63, 3.8) is 0 Å². The van der Waals surface area contributed by atoms with E-state index in [0.29, 0.717) is 29.6 Å². The van der Waals surface area contributed by atoms with E-state index >= 15 is 0 Å². The van der Waals surface area contributed by atoms with Gasteiger partial charge in [0.25, 0.3) is 0 Å². The fraction of sp³-hybridized carbons (Fsp3) is 0.263. The van der Waals surface area contributed by atoms with E-state index < -0.39 is 0 Å². The van der Waals surface area contributed by atoms with Crippen molar-refractivity contribution < 1.29 is 9.13 Å². The molecule has 0 radical (unpaired) electrons. The third kappa shape index (κ3) is 3.66. The molecule has 25 heavy (non-hydrogen) atoms. The summed E-state index contributed by atoms with van der Waals surface area (Å²) in [4.78, 5) is 0. The van der Waals surface area contributed by atoms with Crippen molar-refractivity contribution in [3.8, 4) is 5.75 Å². The lowest BCUT2D eigenvalue weighted by Gasteiger charge is -2.15. The van der Waals surface area contributed by atoms with E-state index in [2.05, 4.69) is 12.0 Å². The van der Waals surface area contributed by atoms with Crippen LogP contribution in [0.15, 0.2) is 47.6 Å². The van der Waals surface area contributed by atoms with Gasteiger partial charge in [0, 0.05) is 17.9 Å². The molecule has 4 nitrogen and oxygen atoms in total. The summed E-state index contributed by atoms with van der Waals surface area (Å²) in [5.74, 6) is 0.829. The Kier molecular flexibility index (Phi) is 5.04. The molecule has 1 atom stereocenters. The first-order chi connectivity index (χ1) is 12.0. The summed E-state index contributed by atoms with van der Waals surface area (Å²) < 4.78 is 18.4. The van der Waals surface area contributed by atoms with E-state index in [-0.39, 0.29) is 11.7 Å². The minimum Gasteiger partial charge on any atom is -0.494 e. The third-order valence-electron chi connectivity index (χ3n) is 4.19. The first-order valence-electron chi connectivity index (χ1n) is 8.00. The maximum atomic E-state index is 13.0. The minimum atomic E-state index is -0.279. The Hall–Kier alpha value is -2.40. The van der Waals surface area contributed by atoms with Gasteiger partial charge in [-0.3, -0.25) is 10.4 Å². The van der Waals surface area contributed by atoms with Gasteiger partial charge in [-0.15, -0.1) is 0 Å². The van der Waals surface area contributed by atoms with E-state index in [1.54, 1.807) is 30.3 Å². The van der Waals surface area contributed by atoms with Crippen molar-refractivity contribution in [1.82, 2.24) is 5.01 Å². The first-order valence-corrected chi connectivity index (χ1v) is 8.38. The van der Waals surface area contributed by atoms with Gasteiger partial charge in [0.15, 0.2) is 0 Å². The second kappa shape index (κ2) is 7.23. The molecule has 0 aromatic heterocycles. The molecule has 1 unspecified atom stereocenters. The highest BCUT2D eigenvalue weighted by atomic mass is 35.5. The maximum Gasteiger partial charge on any atom is 0.146 e. The molecule has 3 rings (SSSR count). The molecule has 0 aliphatic carbocycles. The number of halogens is 2. The highest BCUT2D eigenvalue weighted by molar-refractivity contribution is 6.32. The van der Waals surface area contributed by atoms with Crippen LogP contribution < -0.4 is 4.74 Å². The summed E-state index contributed by atoms with van der Waals surface area (Å²) in [6, 6.07) is 11.7. The molecule has 2 aromatic rings. The van der Waals surface area contributed by atoms with Crippen molar-refractivity contribution in [3.05, 3.63) is 64.4 Å². The highest BCUT2D eigenvalue weighted by Crippen LogP contribution is 2.32. The van der Waals surface area contributed by atoms with Gasteiger partial charge < -0.3 is 4.74 Å². The Bertz CT molecular complexity index is 820. The molecule has 0 bridgehead atoms. The number of hydrogen-bond acceptors (Lipinski definition) is 3. The Balaban J connectivity index is 1.82. The van der Waals surface area contributed by atoms with Gasteiger partial charge in [-0.05, 0) is 29.8 Å². The fourth-order valence-electron chi connectivity index (χ4n) is 2.91. The molecule has 0 fully saturated rings. The first kappa shape index (κ1) is 17.4. The number of benzene rings is 2. The van der Waals surface area contributed by atoms with Crippen LogP contribution in [0.3, 0.4) is 0 Å². The molecule has 1 aliphatic heterocycles. The zero-order valence-corrected chi connectivity index (χ0v) is 14.8. The second-order valence-electron chi connectivity index (χ2n) is 6.04. The van der Waals surface area contributed by atoms with Crippen LogP contribution >= 0.6 is 11.6 Å². The SMILES string of the molecule is COc1c(Cl)cccc1C1=NN(C(=N)Cc2ccc(F)cc2)CC1C. The summed E-state index contributed by atoms with van der Waals surface area (Å²) >= 11 is 6.21. The normalized spacial score (nSPS) is 16.7.